The number of carbonyl (C=O) groups excluding carboxylic acids is 2. The number of cyclic esters (lactones) is 1. The van der Waals surface area contributed by atoms with E-state index in [1.165, 1.54) is 23.2 Å². The molecule has 26 heavy (non-hydrogen) atoms. The van der Waals surface area contributed by atoms with Gasteiger partial charge in [-0.2, -0.15) is 0 Å². The van der Waals surface area contributed by atoms with Crippen molar-refractivity contribution in [3.05, 3.63) is 23.1 Å². The Morgan fingerprint density at radius 1 is 1.50 bits per heavy atom. The first-order valence-corrected chi connectivity index (χ1v) is 9.08. The summed E-state index contributed by atoms with van der Waals surface area (Å²) in [5.74, 6) is 0.515. The second-order valence-electron chi connectivity index (χ2n) is 6.16. The van der Waals surface area contributed by atoms with E-state index in [-0.39, 0.29) is 12.0 Å². The third kappa shape index (κ3) is 3.05. The fourth-order valence-corrected chi connectivity index (χ4v) is 3.92. The van der Waals surface area contributed by atoms with Gasteiger partial charge in [0.05, 0.1) is 31.1 Å². The van der Waals surface area contributed by atoms with Gasteiger partial charge in [-0.05, 0) is 12.1 Å². The lowest BCUT2D eigenvalue weighted by Crippen LogP contribution is -2.33. The van der Waals surface area contributed by atoms with E-state index in [9.17, 15) is 9.59 Å². The lowest BCUT2D eigenvalue weighted by molar-refractivity contribution is -0.119. The van der Waals surface area contributed by atoms with E-state index < -0.39 is 6.09 Å². The van der Waals surface area contributed by atoms with Crippen LogP contribution in [0.5, 0.6) is 5.75 Å². The molecular formula is C17H18N4O4S. The average Bonchev–Trinajstić information content (AvgIpc) is 3.11. The summed E-state index contributed by atoms with van der Waals surface area (Å²) in [5.41, 5.74) is 8.25. The molecule has 0 unspecified atom stereocenters. The topological polar surface area (TPSA) is 107 Å². The molecular weight excluding hydrogens is 356 g/mol. The Kier molecular flexibility index (Phi) is 4.15. The monoisotopic (exact) mass is 374 g/mol. The highest BCUT2D eigenvalue weighted by atomic mass is 32.1. The van der Waals surface area contributed by atoms with Crippen LogP contribution in [0.3, 0.4) is 0 Å². The molecule has 2 aliphatic heterocycles. The van der Waals surface area contributed by atoms with Gasteiger partial charge in [-0.3, -0.25) is 9.69 Å². The van der Waals surface area contributed by atoms with E-state index in [0.717, 1.165) is 22.6 Å². The minimum Gasteiger partial charge on any atom is -0.492 e. The van der Waals surface area contributed by atoms with E-state index in [0.29, 0.717) is 36.3 Å². The smallest absolute Gasteiger partial charge is 0.414 e. The first-order chi connectivity index (χ1) is 12.5. The fourth-order valence-electron chi connectivity index (χ4n) is 3.09. The highest BCUT2D eigenvalue weighted by Crippen LogP contribution is 2.40. The van der Waals surface area contributed by atoms with E-state index in [2.05, 4.69) is 10.3 Å². The molecule has 1 fully saturated rings. The average molecular weight is 374 g/mol. The number of carbonyl (C=O) groups is 2. The fraction of sp³-hybridized carbons (Fsp3) is 0.353. The molecule has 3 heterocycles. The van der Waals surface area contributed by atoms with Gasteiger partial charge in [0.1, 0.15) is 11.9 Å². The van der Waals surface area contributed by atoms with Crippen molar-refractivity contribution in [1.29, 1.82) is 0 Å². The molecule has 0 aliphatic carbocycles. The molecule has 3 N–H and O–H groups in total. The molecule has 2 aromatic rings. The van der Waals surface area contributed by atoms with Gasteiger partial charge in [0, 0.05) is 29.9 Å². The normalized spacial score (nSPS) is 18.4. The number of nitrogens with one attached hydrogen (secondary N) is 1. The second-order valence-corrected chi connectivity index (χ2v) is 7.27. The highest BCUT2D eigenvalue weighted by Gasteiger charge is 2.33. The van der Waals surface area contributed by atoms with Crippen LogP contribution in [0.15, 0.2) is 18.2 Å². The molecule has 1 atom stereocenters. The van der Waals surface area contributed by atoms with Crippen LogP contribution >= 0.6 is 11.3 Å². The lowest BCUT2D eigenvalue weighted by atomic mass is 10.1. The zero-order valence-corrected chi connectivity index (χ0v) is 15.0. The molecule has 4 rings (SSSR count). The molecule has 136 valence electrons. The second kappa shape index (κ2) is 6.49. The Bertz CT molecular complexity index is 882. The van der Waals surface area contributed by atoms with E-state index >= 15 is 0 Å². The number of fused-ring (bicyclic) bond motifs is 3. The number of nitrogens with zero attached hydrogens (tertiary/aromatic N) is 2. The predicted molar refractivity (Wildman–Crippen MR) is 97.5 cm³/mol. The third-order valence-electron chi connectivity index (χ3n) is 4.29. The number of hydrogen-bond acceptors (Lipinski definition) is 7. The Morgan fingerprint density at radius 3 is 3.15 bits per heavy atom. The predicted octanol–water partition coefficient (Wildman–Crippen LogP) is 1.79. The van der Waals surface area contributed by atoms with Crippen LogP contribution in [-0.2, 0) is 16.0 Å². The van der Waals surface area contributed by atoms with Gasteiger partial charge >= 0.3 is 6.09 Å². The molecule has 1 aromatic carbocycles. The molecule has 2 aliphatic rings. The number of aromatic nitrogens is 1. The third-order valence-corrected chi connectivity index (χ3v) is 5.23. The number of rotatable bonds is 3. The minimum absolute atomic E-state index is 0.156. The summed E-state index contributed by atoms with van der Waals surface area (Å²) in [5, 5.41) is 3.20. The summed E-state index contributed by atoms with van der Waals surface area (Å²) in [6, 6.07) is 5.55. The Hall–Kier alpha value is -2.81. The maximum absolute atomic E-state index is 12.2. The molecule has 0 spiro atoms. The number of amides is 2. The van der Waals surface area contributed by atoms with Crippen molar-refractivity contribution in [3.8, 4) is 17.0 Å². The minimum atomic E-state index is -0.437. The van der Waals surface area contributed by atoms with E-state index in [1.54, 1.807) is 0 Å². The zero-order valence-electron chi connectivity index (χ0n) is 14.2. The molecule has 0 saturated carbocycles. The van der Waals surface area contributed by atoms with Crippen LogP contribution in [0.25, 0.3) is 11.3 Å². The van der Waals surface area contributed by atoms with E-state index in [4.69, 9.17) is 15.2 Å². The van der Waals surface area contributed by atoms with Gasteiger partial charge in [0.2, 0.25) is 5.91 Å². The van der Waals surface area contributed by atoms with Crippen molar-refractivity contribution in [1.82, 2.24) is 10.3 Å². The van der Waals surface area contributed by atoms with Crippen LogP contribution < -0.4 is 20.7 Å². The SMILES string of the molecule is CC(=O)NC[C@H]1CN(c2ccc3c(c2)OCCc2sc(N)nc2-3)C(=O)O1. The number of benzene rings is 1. The Labute approximate surface area is 153 Å². The molecule has 0 radical (unpaired) electrons. The highest BCUT2D eigenvalue weighted by molar-refractivity contribution is 7.15. The maximum Gasteiger partial charge on any atom is 0.414 e. The van der Waals surface area contributed by atoms with Crippen LogP contribution in [-0.4, -0.2) is 42.8 Å². The molecule has 9 heteroatoms. The molecule has 1 saturated heterocycles. The van der Waals surface area contributed by atoms with Crippen molar-refractivity contribution < 1.29 is 19.1 Å². The number of anilines is 2. The van der Waals surface area contributed by atoms with Crippen molar-refractivity contribution >= 4 is 34.2 Å². The Balaban J connectivity index is 1.59. The molecule has 8 nitrogen and oxygen atoms in total. The Morgan fingerprint density at radius 2 is 2.35 bits per heavy atom. The van der Waals surface area contributed by atoms with Crippen molar-refractivity contribution in [2.45, 2.75) is 19.4 Å². The lowest BCUT2D eigenvalue weighted by Gasteiger charge is -2.16. The number of nitrogen functional groups attached to an aromatic ring is 1. The summed E-state index contributed by atoms with van der Waals surface area (Å²) in [6.07, 6.45) is -0.0674. The number of nitrogens with two attached hydrogens (primary N) is 1. The van der Waals surface area contributed by atoms with Crippen LogP contribution in [0.2, 0.25) is 0 Å². The number of ether oxygens (including phenoxy) is 2. The summed E-state index contributed by atoms with van der Waals surface area (Å²) in [4.78, 5) is 30.3. The summed E-state index contributed by atoms with van der Waals surface area (Å²) in [7, 11) is 0. The van der Waals surface area contributed by atoms with Gasteiger partial charge in [0.15, 0.2) is 5.13 Å². The molecule has 1 aromatic heterocycles. The van der Waals surface area contributed by atoms with Crippen LogP contribution in [0, 0.1) is 0 Å². The van der Waals surface area contributed by atoms with Crippen molar-refractivity contribution in [2.24, 2.45) is 0 Å². The summed E-state index contributed by atoms with van der Waals surface area (Å²) < 4.78 is 11.2. The largest absolute Gasteiger partial charge is 0.492 e. The van der Waals surface area contributed by atoms with E-state index in [1.807, 2.05) is 18.2 Å². The van der Waals surface area contributed by atoms with Gasteiger partial charge in [-0.15, -0.1) is 11.3 Å². The van der Waals surface area contributed by atoms with Gasteiger partial charge in [0.25, 0.3) is 0 Å². The summed E-state index contributed by atoms with van der Waals surface area (Å²) in [6.45, 7) is 2.62. The quantitative estimate of drug-likeness (QED) is 0.848. The zero-order chi connectivity index (χ0) is 18.3. The van der Waals surface area contributed by atoms with Crippen molar-refractivity contribution in [3.63, 3.8) is 0 Å². The maximum atomic E-state index is 12.2. The van der Waals surface area contributed by atoms with Gasteiger partial charge in [-0.25, -0.2) is 9.78 Å². The van der Waals surface area contributed by atoms with Gasteiger partial charge < -0.3 is 20.5 Å². The number of thiazole rings is 1. The van der Waals surface area contributed by atoms with Crippen molar-refractivity contribution in [2.75, 3.05) is 30.3 Å². The number of hydrogen-bond donors (Lipinski definition) is 2. The standard InChI is InChI=1S/C17H18N4O4S/c1-9(22)19-7-11-8-21(17(23)25-11)10-2-3-12-13(6-10)24-5-4-14-15(12)20-16(18)26-14/h2-3,6,11H,4-5,7-8H2,1H3,(H2,18,20)(H,19,22)/t11-/m0/s1. The van der Waals surface area contributed by atoms with Crippen LogP contribution in [0.4, 0.5) is 15.6 Å². The first-order valence-electron chi connectivity index (χ1n) is 8.26. The van der Waals surface area contributed by atoms with Gasteiger partial charge in [-0.1, -0.05) is 0 Å². The van der Waals surface area contributed by atoms with Crippen LogP contribution in [0.1, 0.15) is 11.8 Å². The molecule has 2 amide bonds. The summed E-state index contributed by atoms with van der Waals surface area (Å²) >= 11 is 1.47. The molecule has 0 bridgehead atoms. The first kappa shape index (κ1) is 16.6.